The van der Waals surface area contributed by atoms with Gasteiger partial charge in [-0.3, -0.25) is 9.36 Å². The van der Waals surface area contributed by atoms with E-state index in [0.29, 0.717) is 27.4 Å². The highest BCUT2D eigenvalue weighted by atomic mass is 79.9. The number of rotatable bonds is 6. The summed E-state index contributed by atoms with van der Waals surface area (Å²) in [6.45, 7) is 2.50. The second-order valence-electron chi connectivity index (χ2n) is 9.47. The SMILES string of the molecule is CCOc1c(Br)cc(/C=c2\sc3n(c2=O)[C@H](c2ccc(OC)c(OC)c2)C2=C(N=3)c3ccccc3CC2)cc1Br. The van der Waals surface area contributed by atoms with Gasteiger partial charge in [0.1, 0.15) is 5.75 Å². The van der Waals surface area contributed by atoms with Gasteiger partial charge in [0.05, 0.1) is 46.0 Å². The van der Waals surface area contributed by atoms with Crippen molar-refractivity contribution in [3.05, 3.63) is 111 Å². The highest BCUT2D eigenvalue weighted by Crippen LogP contribution is 2.43. The monoisotopic (exact) mass is 680 g/mol. The molecule has 1 aliphatic heterocycles. The summed E-state index contributed by atoms with van der Waals surface area (Å²) in [5, 5.41) is 0. The Morgan fingerprint density at radius 2 is 1.77 bits per heavy atom. The molecule has 40 heavy (non-hydrogen) atoms. The van der Waals surface area contributed by atoms with E-state index in [-0.39, 0.29) is 11.6 Å². The number of hydrogen-bond acceptors (Lipinski definition) is 6. The van der Waals surface area contributed by atoms with Gasteiger partial charge in [0.2, 0.25) is 0 Å². The first-order valence-corrected chi connectivity index (χ1v) is 15.3. The summed E-state index contributed by atoms with van der Waals surface area (Å²) < 4.78 is 20.9. The van der Waals surface area contributed by atoms with Gasteiger partial charge in [0, 0.05) is 5.56 Å². The molecule has 0 bridgehead atoms. The molecule has 0 saturated carbocycles. The lowest BCUT2D eigenvalue weighted by atomic mass is 9.83. The Kier molecular flexibility index (Phi) is 7.46. The Morgan fingerprint density at radius 3 is 2.50 bits per heavy atom. The van der Waals surface area contributed by atoms with Gasteiger partial charge in [-0.05, 0) is 104 Å². The zero-order chi connectivity index (χ0) is 28.0. The topological polar surface area (TPSA) is 62.0 Å². The summed E-state index contributed by atoms with van der Waals surface area (Å²) in [5.41, 5.74) is 6.26. The van der Waals surface area contributed by atoms with Crippen LogP contribution in [-0.4, -0.2) is 25.4 Å². The summed E-state index contributed by atoms with van der Waals surface area (Å²) in [6, 6.07) is 17.9. The predicted molar refractivity (Wildman–Crippen MR) is 165 cm³/mol. The van der Waals surface area contributed by atoms with Gasteiger partial charge in [-0.2, -0.15) is 0 Å². The van der Waals surface area contributed by atoms with Crippen LogP contribution in [0.5, 0.6) is 17.2 Å². The van der Waals surface area contributed by atoms with Crippen molar-refractivity contribution in [2.45, 2.75) is 25.8 Å². The number of hydrogen-bond donors (Lipinski definition) is 0. The van der Waals surface area contributed by atoms with Crippen LogP contribution >= 0.6 is 43.2 Å². The summed E-state index contributed by atoms with van der Waals surface area (Å²) in [5.74, 6) is 2.01. The summed E-state index contributed by atoms with van der Waals surface area (Å²) in [6.07, 6.45) is 3.63. The highest BCUT2D eigenvalue weighted by Gasteiger charge is 2.33. The number of methoxy groups -OCH3 is 2. The second-order valence-corrected chi connectivity index (χ2v) is 12.2. The third kappa shape index (κ3) is 4.63. The maximum absolute atomic E-state index is 14.1. The van der Waals surface area contributed by atoms with Crippen LogP contribution in [0.15, 0.2) is 78.9 Å². The van der Waals surface area contributed by atoms with E-state index < -0.39 is 0 Å². The van der Waals surface area contributed by atoms with Crippen LogP contribution in [0.4, 0.5) is 0 Å². The lowest BCUT2D eigenvalue weighted by Crippen LogP contribution is -2.38. The maximum Gasteiger partial charge on any atom is 0.271 e. The van der Waals surface area contributed by atoms with Crippen LogP contribution in [0.1, 0.15) is 41.6 Å². The van der Waals surface area contributed by atoms with Crippen molar-refractivity contribution < 1.29 is 14.2 Å². The van der Waals surface area contributed by atoms with Gasteiger partial charge in [-0.25, -0.2) is 4.99 Å². The van der Waals surface area contributed by atoms with Crippen molar-refractivity contribution >= 4 is 55.0 Å². The van der Waals surface area contributed by atoms with E-state index in [1.807, 2.05) is 54.0 Å². The van der Waals surface area contributed by atoms with Gasteiger partial charge in [-0.1, -0.05) is 41.7 Å². The molecule has 0 spiro atoms. The number of fused-ring (bicyclic) bond motifs is 3. The van der Waals surface area contributed by atoms with E-state index in [9.17, 15) is 4.79 Å². The molecule has 3 aromatic carbocycles. The van der Waals surface area contributed by atoms with E-state index in [4.69, 9.17) is 19.2 Å². The van der Waals surface area contributed by atoms with Crippen LogP contribution in [0.25, 0.3) is 11.8 Å². The largest absolute Gasteiger partial charge is 0.493 e. The average molecular weight is 682 g/mol. The van der Waals surface area contributed by atoms with Crippen molar-refractivity contribution in [3.8, 4) is 17.2 Å². The van der Waals surface area contributed by atoms with E-state index in [1.165, 1.54) is 16.9 Å². The fraction of sp³-hybridized carbons (Fsp3) is 0.226. The van der Waals surface area contributed by atoms with E-state index >= 15 is 0 Å². The number of benzene rings is 3. The number of nitrogens with zero attached hydrogens (tertiary/aromatic N) is 2. The highest BCUT2D eigenvalue weighted by molar-refractivity contribution is 9.11. The Morgan fingerprint density at radius 1 is 1.02 bits per heavy atom. The van der Waals surface area contributed by atoms with Crippen LogP contribution in [0.2, 0.25) is 0 Å². The van der Waals surface area contributed by atoms with Crippen molar-refractivity contribution in [1.29, 1.82) is 0 Å². The average Bonchev–Trinajstić information content (AvgIpc) is 3.27. The third-order valence-electron chi connectivity index (χ3n) is 7.20. The minimum absolute atomic E-state index is 0.0740. The van der Waals surface area contributed by atoms with Crippen LogP contribution < -0.4 is 29.1 Å². The number of thiazole rings is 1. The first kappa shape index (κ1) is 27.1. The minimum Gasteiger partial charge on any atom is -0.493 e. The van der Waals surface area contributed by atoms with Crippen molar-refractivity contribution in [3.63, 3.8) is 0 Å². The fourth-order valence-electron chi connectivity index (χ4n) is 5.44. The summed E-state index contributed by atoms with van der Waals surface area (Å²) in [4.78, 5) is 19.9. The molecular formula is C31H26Br2N2O4S. The summed E-state index contributed by atoms with van der Waals surface area (Å²) >= 11 is 8.62. The van der Waals surface area contributed by atoms with Crippen LogP contribution in [-0.2, 0) is 6.42 Å². The molecule has 204 valence electrons. The van der Waals surface area contributed by atoms with Gasteiger partial charge in [-0.15, -0.1) is 0 Å². The molecule has 4 aromatic rings. The Hall–Kier alpha value is -3.14. The quantitative estimate of drug-likeness (QED) is 0.241. The van der Waals surface area contributed by atoms with Gasteiger partial charge in [0.25, 0.3) is 5.56 Å². The fourth-order valence-corrected chi connectivity index (χ4v) is 7.89. The van der Waals surface area contributed by atoms with Gasteiger partial charge in [0.15, 0.2) is 16.3 Å². The first-order chi connectivity index (χ1) is 19.4. The van der Waals surface area contributed by atoms with E-state index in [0.717, 1.165) is 55.5 Å². The van der Waals surface area contributed by atoms with Gasteiger partial charge < -0.3 is 14.2 Å². The molecule has 6 rings (SSSR count). The van der Waals surface area contributed by atoms with Gasteiger partial charge >= 0.3 is 0 Å². The molecule has 6 nitrogen and oxygen atoms in total. The molecule has 0 saturated heterocycles. The van der Waals surface area contributed by atoms with Crippen LogP contribution in [0.3, 0.4) is 0 Å². The predicted octanol–water partition coefficient (Wildman–Crippen LogP) is 6.26. The number of aryl methyl sites for hydroxylation is 1. The number of ether oxygens (including phenoxy) is 3. The zero-order valence-corrected chi connectivity index (χ0v) is 26.2. The second kappa shape index (κ2) is 11.0. The number of halogens is 2. The Labute approximate surface area is 252 Å². The lowest BCUT2D eigenvalue weighted by molar-refractivity contribution is 0.336. The maximum atomic E-state index is 14.1. The first-order valence-electron chi connectivity index (χ1n) is 12.9. The normalized spacial score (nSPS) is 16.1. The Balaban J connectivity index is 1.58. The molecule has 0 fully saturated rings. The zero-order valence-electron chi connectivity index (χ0n) is 22.2. The molecule has 1 aliphatic carbocycles. The number of aromatic nitrogens is 1. The van der Waals surface area contributed by atoms with Crippen molar-refractivity contribution in [2.75, 3.05) is 20.8 Å². The molecule has 1 atom stereocenters. The molecular weight excluding hydrogens is 656 g/mol. The van der Waals surface area contributed by atoms with Crippen molar-refractivity contribution in [2.24, 2.45) is 4.99 Å². The molecule has 1 aromatic heterocycles. The molecule has 0 amide bonds. The van der Waals surface area contributed by atoms with Crippen LogP contribution in [0, 0.1) is 0 Å². The molecule has 0 unspecified atom stereocenters. The van der Waals surface area contributed by atoms with Crippen molar-refractivity contribution in [1.82, 2.24) is 4.57 Å². The Bertz CT molecular complexity index is 1830. The molecule has 0 radical (unpaired) electrons. The third-order valence-corrected chi connectivity index (χ3v) is 9.36. The minimum atomic E-state index is -0.305. The molecule has 9 heteroatoms. The lowest BCUT2D eigenvalue weighted by Gasteiger charge is -2.31. The standard InChI is InChI=1S/C31H26Br2N2O4S/c1-4-39-29-22(32)13-17(14-23(29)33)15-26-30(36)35-28(19-10-12-24(37-2)25(16-19)38-3)21-11-9-18-7-5-6-8-20(18)27(21)34-31(35)40-26/h5-8,10,12-16,28H,4,9,11H2,1-3H3/b26-15-/t28-/m1/s1. The summed E-state index contributed by atoms with van der Waals surface area (Å²) in [7, 11) is 3.25. The molecule has 2 heterocycles. The number of allylic oxidation sites excluding steroid dienone is 1. The van der Waals surface area contributed by atoms with E-state index in [2.05, 4.69) is 50.1 Å². The smallest absolute Gasteiger partial charge is 0.271 e. The van der Waals surface area contributed by atoms with E-state index in [1.54, 1.807) is 14.2 Å². The molecule has 2 aliphatic rings. The molecule has 0 N–H and O–H groups in total.